The minimum Gasteiger partial charge on any atom is -0.0840 e. The monoisotopic (exact) mass is 168 g/mol. The average molecular weight is 168 g/mol. The van der Waals surface area contributed by atoms with Crippen LogP contribution in [0.5, 0.6) is 0 Å². The second-order valence-electron chi connectivity index (χ2n) is 3.28. The summed E-state index contributed by atoms with van der Waals surface area (Å²) in [5.74, 6) is 0. The molecule has 0 aliphatic heterocycles. The molecule has 0 nitrogen and oxygen atoms in total. The lowest BCUT2D eigenvalue weighted by atomic mass is 9.99. The summed E-state index contributed by atoms with van der Waals surface area (Å²) in [6.45, 7) is 0. The fraction of sp³-hybridized carbons (Fsp3) is 0.231. The van der Waals surface area contributed by atoms with E-state index in [0.29, 0.717) is 0 Å². The lowest BCUT2D eigenvalue weighted by Gasteiger charge is -2.06. The molecule has 0 heterocycles. The molecule has 2 aliphatic rings. The first-order chi connectivity index (χ1) is 6.45. The van der Waals surface area contributed by atoms with Gasteiger partial charge >= 0.3 is 0 Å². The highest BCUT2D eigenvalue weighted by molar-refractivity contribution is 5.35. The quantitative estimate of drug-likeness (QED) is 0.554. The molecule has 0 unspecified atom stereocenters. The third-order valence-electron chi connectivity index (χ3n) is 2.20. The van der Waals surface area contributed by atoms with E-state index >= 15 is 0 Å². The molecule has 0 bridgehead atoms. The van der Waals surface area contributed by atoms with E-state index in [2.05, 4.69) is 35.8 Å². The lowest BCUT2D eigenvalue weighted by Crippen LogP contribution is -1.87. The summed E-state index contributed by atoms with van der Waals surface area (Å²) in [4.78, 5) is 0. The smallest absolute Gasteiger partial charge is 0.00225 e. The maximum atomic E-state index is 2.97. The van der Waals surface area contributed by atoms with Crippen molar-refractivity contribution in [3.8, 4) is 0 Å². The zero-order valence-corrected chi connectivity index (χ0v) is 7.59. The Morgan fingerprint density at radius 2 is 2.15 bits per heavy atom. The summed E-state index contributed by atoms with van der Waals surface area (Å²) in [7, 11) is 0. The molecule has 0 aromatic carbocycles. The van der Waals surface area contributed by atoms with Crippen LogP contribution >= 0.6 is 0 Å². The Labute approximate surface area is 79.0 Å². The normalized spacial score (nSPS) is 18.8. The molecule has 2 aliphatic carbocycles. The van der Waals surface area contributed by atoms with E-state index in [0.717, 1.165) is 6.42 Å². The molecule has 0 N–H and O–H groups in total. The molecule has 64 valence electrons. The second kappa shape index (κ2) is 3.96. The molecule has 13 heavy (non-hydrogen) atoms. The van der Waals surface area contributed by atoms with Gasteiger partial charge in [-0.15, -0.1) is 0 Å². The van der Waals surface area contributed by atoms with Gasteiger partial charge in [-0.2, -0.15) is 0 Å². The fourth-order valence-electron chi connectivity index (χ4n) is 1.52. The molecule has 0 amide bonds. The first-order valence-electron chi connectivity index (χ1n) is 4.67. The Morgan fingerprint density at radius 1 is 1.15 bits per heavy atom. The number of hydrogen-bond acceptors (Lipinski definition) is 0. The van der Waals surface area contributed by atoms with Crippen molar-refractivity contribution in [2.75, 3.05) is 0 Å². The van der Waals surface area contributed by atoms with Crippen molar-refractivity contribution in [2.24, 2.45) is 0 Å². The van der Waals surface area contributed by atoms with Gasteiger partial charge < -0.3 is 0 Å². The topological polar surface area (TPSA) is 0 Å². The first-order valence-corrected chi connectivity index (χ1v) is 4.67. The summed E-state index contributed by atoms with van der Waals surface area (Å²) >= 11 is 0. The molecular formula is C13H12. The zero-order valence-electron chi connectivity index (χ0n) is 7.59. The summed E-state index contributed by atoms with van der Waals surface area (Å²) in [6, 6.07) is 0. The van der Waals surface area contributed by atoms with Gasteiger partial charge in [-0.3, -0.25) is 0 Å². The molecule has 0 atom stereocenters. The van der Waals surface area contributed by atoms with E-state index < -0.39 is 0 Å². The van der Waals surface area contributed by atoms with E-state index in [-0.39, 0.29) is 0 Å². The molecule has 0 saturated carbocycles. The molecule has 0 radical (unpaired) electrons. The summed E-state index contributed by atoms with van der Waals surface area (Å²) in [5.41, 5.74) is 8.62. The molecule has 0 heteroatoms. The van der Waals surface area contributed by atoms with Crippen LogP contribution in [0, 0.1) is 0 Å². The van der Waals surface area contributed by atoms with Crippen molar-refractivity contribution in [1.29, 1.82) is 0 Å². The van der Waals surface area contributed by atoms with Gasteiger partial charge in [-0.25, -0.2) is 0 Å². The summed E-state index contributed by atoms with van der Waals surface area (Å²) in [5, 5.41) is 0. The Hall–Kier alpha value is -1.48. The SMILES string of the molecule is C1=C=CC(CC2=CCCC=C2)=CC=1. The van der Waals surface area contributed by atoms with Gasteiger partial charge in [-0.1, -0.05) is 29.7 Å². The van der Waals surface area contributed by atoms with Crippen LogP contribution in [0.15, 0.2) is 59.1 Å². The van der Waals surface area contributed by atoms with E-state index in [9.17, 15) is 0 Å². The van der Waals surface area contributed by atoms with E-state index in [4.69, 9.17) is 0 Å². The maximum Gasteiger partial charge on any atom is -0.00225 e. The minimum absolute atomic E-state index is 1.03. The summed E-state index contributed by atoms with van der Waals surface area (Å²) < 4.78 is 0. The van der Waals surface area contributed by atoms with Crippen LogP contribution in [0.1, 0.15) is 19.3 Å². The van der Waals surface area contributed by atoms with Crippen molar-refractivity contribution in [3.05, 3.63) is 59.1 Å². The van der Waals surface area contributed by atoms with Crippen LogP contribution < -0.4 is 0 Å². The van der Waals surface area contributed by atoms with Crippen molar-refractivity contribution in [2.45, 2.75) is 19.3 Å². The third-order valence-corrected chi connectivity index (χ3v) is 2.20. The Balaban J connectivity index is 2.03. The largest absolute Gasteiger partial charge is 0.0840 e. The molecule has 0 saturated heterocycles. The van der Waals surface area contributed by atoms with E-state index in [1.165, 1.54) is 24.0 Å². The number of rotatable bonds is 2. The Morgan fingerprint density at radius 3 is 2.85 bits per heavy atom. The number of allylic oxidation sites excluding steroid dienone is 8. The number of hydrogen-bond donors (Lipinski definition) is 0. The Bertz CT molecular complexity index is 376. The molecule has 0 fully saturated rings. The fourth-order valence-corrected chi connectivity index (χ4v) is 1.52. The highest BCUT2D eigenvalue weighted by atomic mass is 14.0. The first kappa shape index (κ1) is 8.13. The molecule has 0 aromatic rings. The van der Waals surface area contributed by atoms with Gasteiger partial charge in [0.1, 0.15) is 0 Å². The molecule has 0 spiro atoms. The molecule has 0 aromatic heterocycles. The molecule has 2 rings (SSSR count). The van der Waals surface area contributed by atoms with Gasteiger partial charge in [0.05, 0.1) is 0 Å². The maximum absolute atomic E-state index is 2.97. The van der Waals surface area contributed by atoms with Crippen molar-refractivity contribution in [1.82, 2.24) is 0 Å². The van der Waals surface area contributed by atoms with Crippen LogP contribution in [0.2, 0.25) is 0 Å². The van der Waals surface area contributed by atoms with Crippen molar-refractivity contribution >= 4 is 0 Å². The van der Waals surface area contributed by atoms with E-state index in [1.54, 1.807) is 0 Å². The van der Waals surface area contributed by atoms with E-state index in [1.807, 2.05) is 12.2 Å². The van der Waals surface area contributed by atoms with Crippen molar-refractivity contribution in [3.63, 3.8) is 0 Å². The van der Waals surface area contributed by atoms with Crippen LogP contribution in [0.25, 0.3) is 0 Å². The summed E-state index contributed by atoms with van der Waals surface area (Å²) in [6.07, 6.45) is 16.2. The standard InChI is InChI=1S/C13H12/c1-3-7-12(8-4-1)11-13-9-5-2-6-10-13/h3,5,7-10H,1,4,11H2. The average Bonchev–Trinajstić information content (AvgIpc) is 2.21. The van der Waals surface area contributed by atoms with Crippen LogP contribution in [-0.4, -0.2) is 0 Å². The predicted octanol–water partition coefficient (Wildman–Crippen LogP) is 3.46. The van der Waals surface area contributed by atoms with Gasteiger partial charge in [0.15, 0.2) is 0 Å². The Kier molecular flexibility index (Phi) is 2.48. The highest BCUT2D eigenvalue weighted by Crippen LogP contribution is 2.18. The third kappa shape index (κ3) is 2.23. The van der Waals surface area contributed by atoms with Crippen LogP contribution in [0.3, 0.4) is 0 Å². The van der Waals surface area contributed by atoms with Gasteiger partial charge in [-0.05, 0) is 48.6 Å². The van der Waals surface area contributed by atoms with Gasteiger partial charge in [0.2, 0.25) is 0 Å². The molecular weight excluding hydrogens is 156 g/mol. The van der Waals surface area contributed by atoms with Crippen molar-refractivity contribution < 1.29 is 0 Å². The zero-order chi connectivity index (χ0) is 8.93. The minimum atomic E-state index is 1.03. The van der Waals surface area contributed by atoms with Crippen LogP contribution in [-0.2, 0) is 0 Å². The highest BCUT2D eigenvalue weighted by Gasteiger charge is 1.99. The predicted molar refractivity (Wildman–Crippen MR) is 55.3 cm³/mol. The second-order valence-corrected chi connectivity index (χ2v) is 3.28. The van der Waals surface area contributed by atoms with Crippen LogP contribution in [0.4, 0.5) is 0 Å². The lowest BCUT2D eigenvalue weighted by molar-refractivity contribution is 0.995. The van der Waals surface area contributed by atoms with Gasteiger partial charge in [0.25, 0.3) is 0 Å². The van der Waals surface area contributed by atoms with Gasteiger partial charge in [0, 0.05) is 0 Å².